The molecule has 1 saturated carbocycles. The molecule has 0 saturated heterocycles. The number of benzene rings is 2. The molecule has 4 N–H and O–H groups in total. The van der Waals surface area contributed by atoms with Crippen LogP contribution in [0, 0.1) is 11.3 Å². The fraction of sp³-hybridized carbons (Fsp3) is 0.405. The molecule has 3 aromatic rings. The Labute approximate surface area is 332 Å². The van der Waals surface area contributed by atoms with E-state index >= 15 is 0 Å². The van der Waals surface area contributed by atoms with E-state index in [2.05, 4.69) is 34.4 Å². The van der Waals surface area contributed by atoms with E-state index in [4.69, 9.17) is 29.1 Å². The molecule has 1 aliphatic rings. The van der Waals surface area contributed by atoms with Gasteiger partial charge in [0.25, 0.3) is 11.8 Å². The number of carbonyl (C=O) groups excluding carboxylic acids is 5. The first-order chi connectivity index (χ1) is 27.1. The van der Waals surface area contributed by atoms with Crippen LogP contribution >= 0.6 is 0 Å². The Morgan fingerprint density at radius 1 is 0.965 bits per heavy atom. The van der Waals surface area contributed by atoms with Crippen LogP contribution in [0.3, 0.4) is 0 Å². The molecule has 1 heterocycles. The third kappa shape index (κ3) is 13.2. The highest BCUT2D eigenvalue weighted by molar-refractivity contribution is 6.11. The summed E-state index contributed by atoms with van der Waals surface area (Å²) in [5, 5.41) is 16.3. The molecule has 304 valence electrons. The number of amides is 3. The minimum absolute atomic E-state index is 0.0747. The van der Waals surface area contributed by atoms with Crippen molar-refractivity contribution in [3.8, 4) is 16.9 Å². The van der Waals surface area contributed by atoms with E-state index < -0.39 is 41.9 Å². The van der Waals surface area contributed by atoms with Crippen LogP contribution in [0.25, 0.3) is 17.2 Å². The predicted octanol–water partition coefficient (Wildman–Crippen LogP) is 7.88. The van der Waals surface area contributed by atoms with E-state index in [0.29, 0.717) is 35.0 Å². The second-order valence-electron chi connectivity index (χ2n) is 14.4. The number of hydrogen-bond donors (Lipinski definition) is 4. The van der Waals surface area contributed by atoms with Crippen molar-refractivity contribution in [1.82, 2.24) is 15.6 Å². The highest BCUT2D eigenvalue weighted by atomic mass is 16.8. The van der Waals surface area contributed by atoms with Crippen molar-refractivity contribution in [2.45, 2.75) is 85.0 Å². The van der Waals surface area contributed by atoms with Gasteiger partial charge in [-0.15, -0.1) is 0 Å². The van der Waals surface area contributed by atoms with Gasteiger partial charge in [0, 0.05) is 47.0 Å². The molecule has 3 amide bonds. The van der Waals surface area contributed by atoms with Gasteiger partial charge in [0.2, 0.25) is 6.29 Å². The molecule has 0 aliphatic heterocycles. The predicted molar refractivity (Wildman–Crippen MR) is 213 cm³/mol. The standard InChI is InChI=1S/C42H51N5O10/c1-8-10-11-12-21-54-40(51)47-36(43)28-15-17-29(18-16-28)45-37(48)32-22-27(9-2)34(53-7)23-31(32)30-19-20-33(38(49)44-24-26-13-14-26)46-35(30)39(50)55-25(3)56-41(52)57-42(4,5)6/h9,15-20,22-23,25-26H,2,8,10-14,21,24H2,1,3-7H3,(H,44,49)(H,45,48)(H2,43,47,51). The molecule has 15 heteroatoms. The van der Waals surface area contributed by atoms with Gasteiger partial charge >= 0.3 is 18.2 Å². The van der Waals surface area contributed by atoms with Crippen LogP contribution in [0.5, 0.6) is 5.75 Å². The zero-order valence-electron chi connectivity index (χ0n) is 33.2. The molecule has 15 nitrogen and oxygen atoms in total. The van der Waals surface area contributed by atoms with Gasteiger partial charge < -0.3 is 34.3 Å². The molecule has 1 fully saturated rings. The summed E-state index contributed by atoms with van der Waals surface area (Å²) in [5.74, 6) is -1.64. The number of pyridine rings is 1. The van der Waals surface area contributed by atoms with Gasteiger partial charge in [-0.2, -0.15) is 0 Å². The van der Waals surface area contributed by atoms with Crippen molar-refractivity contribution in [1.29, 1.82) is 5.41 Å². The van der Waals surface area contributed by atoms with Gasteiger partial charge in [-0.3, -0.25) is 20.3 Å². The van der Waals surface area contributed by atoms with Crippen LogP contribution in [-0.4, -0.2) is 73.0 Å². The number of ether oxygens (including phenoxy) is 5. The molecule has 1 unspecified atom stereocenters. The molecular formula is C42H51N5O10. The first-order valence-electron chi connectivity index (χ1n) is 18.8. The van der Waals surface area contributed by atoms with Gasteiger partial charge in [-0.05, 0) is 94.5 Å². The number of esters is 1. The maximum Gasteiger partial charge on any atom is 0.511 e. The number of nitrogens with zero attached hydrogens (tertiary/aromatic N) is 1. The summed E-state index contributed by atoms with van der Waals surface area (Å²) in [6, 6.07) is 12.2. The lowest BCUT2D eigenvalue weighted by molar-refractivity contribution is -0.0977. The van der Waals surface area contributed by atoms with Gasteiger partial charge in [0.05, 0.1) is 13.7 Å². The zero-order valence-corrected chi connectivity index (χ0v) is 33.2. The average Bonchev–Trinajstić information content (AvgIpc) is 4.00. The number of unbranched alkanes of at least 4 members (excludes halogenated alkanes) is 3. The van der Waals surface area contributed by atoms with Crippen LogP contribution in [0.4, 0.5) is 15.3 Å². The van der Waals surface area contributed by atoms with Crippen LogP contribution in [0.1, 0.15) is 116 Å². The van der Waals surface area contributed by atoms with Crippen LogP contribution in [0.15, 0.2) is 55.1 Å². The third-order valence-corrected chi connectivity index (χ3v) is 8.51. The Balaban J connectivity index is 1.63. The normalized spacial score (nSPS) is 12.7. The summed E-state index contributed by atoms with van der Waals surface area (Å²) >= 11 is 0. The molecule has 0 spiro atoms. The van der Waals surface area contributed by atoms with Gasteiger partial charge in [-0.25, -0.2) is 19.4 Å². The Kier molecular flexibility index (Phi) is 15.3. The van der Waals surface area contributed by atoms with E-state index in [1.165, 1.54) is 44.4 Å². The number of anilines is 1. The van der Waals surface area contributed by atoms with Crippen LogP contribution in [0.2, 0.25) is 0 Å². The SMILES string of the molecule is C=Cc1cc(C(=O)Nc2ccc(C(=N)NC(=O)OCCCCCC)cc2)c(-c2ccc(C(=O)NCC3CC3)nc2C(=O)OC(C)OC(=O)OC(C)(C)C)cc1OC. The van der Waals surface area contributed by atoms with Crippen molar-refractivity contribution in [2.75, 3.05) is 25.6 Å². The van der Waals surface area contributed by atoms with Crippen molar-refractivity contribution in [3.63, 3.8) is 0 Å². The van der Waals surface area contributed by atoms with Crippen LogP contribution < -0.4 is 20.7 Å². The highest BCUT2D eigenvalue weighted by Gasteiger charge is 2.28. The van der Waals surface area contributed by atoms with Crippen LogP contribution in [-0.2, 0) is 18.9 Å². The zero-order chi connectivity index (χ0) is 41.7. The summed E-state index contributed by atoms with van der Waals surface area (Å²) < 4.78 is 26.5. The van der Waals surface area contributed by atoms with Gasteiger partial charge in [0.1, 0.15) is 22.9 Å². The first kappa shape index (κ1) is 43.5. The Bertz CT molecular complexity index is 1970. The summed E-state index contributed by atoms with van der Waals surface area (Å²) in [4.78, 5) is 69.8. The fourth-order valence-corrected chi connectivity index (χ4v) is 5.41. The maximum atomic E-state index is 14.1. The number of carbonyl (C=O) groups is 5. The fourth-order valence-electron chi connectivity index (χ4n) is 5.41. The lowest BCUT2D eigenvalue weighted by Gasteiger charge is -2.21. The monoisotopic (exact) mass is 785 g/mol. The highest BCUT2D eigenvalue weighted by Crippen LogP contribution is 2.35. The molecule has 57 heavy (non-hydrogen) atoms. The Morgan fingerprint density at radius 3 is 2.32 bits per heavy atom. The second kappa shape index (κ2) is 20.1. The lowest BCUT2D eigenvalue weighted by Crippen LogP contribution is -2.31. The topological polar surface area (TPSA) is 204 Å². The van der Waals surface area contributed by atoms with Crippen molar-refractivity contribution < 1.29 is 47.7 Å². The number of alkyl carbamates (subject to hydrolysis) is 1. The largest absolute Gasteiger partial charge is 0.511 e. The van der Waals surface area contributed by atoms with Crippen molar-refractivity contribution >= 4 is 47.6 Å². The van der Waals surface area contributed by atoms with Gasteiger partial charge in [0.15, 0.2) is 5.69 Å². The second-order valence-corrected chi connectivity index (χ2v) is 14.4. The van der Waals surface area contributed by atoms with Crippen molar-refractivity contribution in [3.05, 3.63) is 83.2 Å². The number of hydrogen-bond acceptors (Lipinski definition) is 12. The molecular weight excluding hydrogens is 734 g/mol. The minimum atomic E-state index is -1.42. The Morgan fingerprint density at radius 2 is 1.68 bits per heavy atom. The smallest absolute Gasteiger partial charge is 0.496 e. The summed E-state index contributed by atoms with van der Waals surface area (Å²) in [6.07, 6.45) is 4.10. The number of amidine groups is 1. The maximum absolute atomic E-state index is 14.1. The van der Waals surface area contributed by atoms with E-state index in [1.54, 1.807) is 45.0 Å². The molecule has 1 aliphatic carbocycles. The van der Waals surface area contributed by atoms with E-state index in [-0.39, 0.29) is 40.5 Å². The molecule has 1 atom stereocenters. The third-order valence-electron chi connectivity index (χ3n) is 8.51. The number of nitrogens with one attached hydrogen (secondary N) is 4. The number of aromatic nitrogens is 1. The summed E-state index contributed by atoms with van der Waals surface area (Å²) in [5.41, 5.74) is 0.276. The van der Waals surface area contributed by atoms with E-state index in [9.17, 15) is 24.0 Å². The average molecular weight is 786 g/mol. The molecule has 2 aromatic carbocycles. The molecule has 4 rings (SSSR count). The van der Waals surface area contributed by atoms with E-state index in [1.807, 2.05) is 0 Å². The number of rotatable bonds is 17. The molecule has 0 radical (unpaired) electrons. The quantitative estimate of drug-likeness (QED) is 0.0259. The summed E-state index contributed by atoms with van der Waals surface area (Å²) in [6.45, 7) is 12.9. The minimum Gasteiger partial charge on any atom is -0.496 e. The molecule has 0 bridgehead atoms. The first-order valence-corrected chi connectivity index (χ1v) is 18.8. The Hall–Kier alpha value is -6.25. The van der Waals surface area contributed by atoms with E-state index in [0.717, 1.165) is 38.5 Å². The lowest BCUT2D eigenvalue weighted by atomic mass is 9.94. The summed E-state index contributed by atoms with van der Waals surface area (Å²) in [7, 11) is 1.43. The number of methoxy groups -OCH3 is 1. The van der Waals surface area contributed by atoms with Crippen molar-refractivity contribution in [2.24, 2.45) is 5.92 Å². The van der Waals surface area contributed by atoms with Gasteiger partial charge in [-0.1, -0.05) is 38.8 Å². The molecule has 1 aromatic heterocycles.